The Morgan fingerprint density at radius 3 is 2.61 bits per heavy atom. The van der Waals surface area contributed by atoms with Crippen LogP contribution in [0, 0.1) is 0 Å². The van der Waals surface area contributed by atoms with Gasteiger partial charge in [-0.05, 0) is 43.4 Å². The van der Waals surface area contributed by atoms with Gasteiger partial charge in [0.05, 0.1) is 17.4 Å². The molecule has 0 radical (unpaired) electrons. The second kappa shape index (κ2) is 7.23. The van der Waals surface area contributed by atoms with Crippen molar-refractivity contribution in [2.24, 2.45) is 0 Å². The predicted octanol–water partition coefficient (Wildman–Crippen LogP) is 4.02. The highest BCUT2D eigenvalue weighted by Crippen LogP contribution is 2.36. The molecule has 1 aliphatic carbocycles. The van der Waals surface area contributed by atoms with Crippen molar-refractivity contribution in [1.29, 1.82) is 0 Å². The molecule has 1 aliphatic rings. The summed E-state index contributed by atoms with van der Waals surface area (Å²) in [4.78, 5) is 35.8. The molecular weight excluding hydrogens is 429 g/mol. The van der Waals surface area contributed by atoms with Gasteiger partial charge in [-0.2, -0.15) is 23.3 Å². The number of benzene rings is 1. The molecule has 0 N–H and O–H groups in total. The maximum Gasteiger partial charge on any atom is 0.416 e. The number of fused-ring (bicyclic) bond motifs is 5. The lowest BCUT2D eigenvalue weighted by Gasteiger charge is -2.11. The van der Waals surface area contributed by atoms with Crippen LogP contribution < -0.4 is 5.56 Å². The normalized spacial score (nSPS) is 14.2. The van der Waals surface area contributed by atoms with Crippen molar-refractivity contribution in [3.63, 3.8) is 0 Å². The van der Waals surface area contributed by atoms with Crippen LogP contribution in [0.5, 0.6) is 0 Å². The van der Waals surface area contributed by atoms with Crippen LogP contribution in [-0.2, 0) is 25.4 Å². The molecule has 1 aromatic carbocycles. The quantitative estimate of drug-likeness (QED) is 0.446. The van der Waals surface area contributed by atoms with E-state index >= 15 is 0 Å². The number of nitrogens with zero attached hydrogens (tertiary/aromatic N) is 4. The van der Waals surface area contributed by atoms with E-state index in [0.717, 1.165) is 60.2 Å². The summed E-state index contributed by atoms with van der Waals surface area (Å²) in [5, 5.41) is 5.10. The molecule has 5 rings (SSSR count). The van der Waals surface area contributed by atoms with Gasteiger partial charge in [-0.15, -0.1) is 11.3 Å². The summed E-state index contributed by atoms with van der Waals surface area (Å²) in [5.41, 5.74) is 0.110. The summed E-state index contributed by atoms with van der Waals surface area (Å²) in [7, 11) is 0. The summed E-state index contributed by atoms with van der Waals surface area (Å²) in [6, 6.07) is 3.87. The fourth-order valence-corrected chi connectivity index (χ4v) is 5.10. The number of aryl methyl sites for hydroxylation is 2. The number of hydrogen-bond acceptors (Lipinski definition) is 6. The van der Waals surface area contributed by atoms with Gasteiger partial charge in [-0.25, -0.2) is 9.50 Å². The smallest absolute Gasteiger partial charge is 0.294 e. The molecular formula is C21H15F3N4O2S. The average Bonchev–Trinajstić information content (AvgIpc) is 3.13. The van der Waals surface area contributed by atoms with Gasteiger partial charge in [0.25, 0.3) is 5.56 Å². The van der Waals surface area contributed by atoms with Crippen LogP contribution in [0.4, 0.5) is 13.2 Å². The lowest BCUT2D eigenvalue weighted by atomic mass is 9.97. The second-order valence-corrected chi connectivity index (χ2v) is 8.53. The van der Waals surface area contributed by atoms with Crippen molar-refractivity contribution in [3.05, 3.63) is 68.2 Å². The van der Waals surface area contributed by atoms with Crippen molar-refractivity contribution in [1.82, 2.24) is 19.6 Å². The highest BCUT2D eigenvalue weighted by atomic mass is 32.1. The highest BCUT2D eigenvalue weighted by molar-refractivity contribution is 7.19. The summed E-state index contributed by atoms with van der Waals surface area (Å²) in [6.07, 6.45) is 0.707. The van der Waals surface area contributed by atoms with Crippen LogP contribution in [0.15, 0.2) is 35.4 Å². The summed E-state index contributed by atoms with van der Waals surface area (Å²) >= 11 is 1.61. The van der Waals surface area contributed by atoms with Gasteiger partial charge in [0.1, 0.15) is 16.9 Å². The van der Waals surface area contributed by atoms with E-state index in [0.29, 0.717) is 5.65 Å². The fourth-order valence-electron chi connectivity index (χ4n) is 3.87. The van der Waals surface area contributed by atoms with Crippen molar-refractivity contribution in [2.45, 2.75) is 38.3 Å². The van der Waals surface area contributed by atoms with Gasteiger partial charge in [-0.1, -0.05) is 12.1 Å². The van der Waals surface area contributed by atoms with Gasteiger partial charge in [0, 0.05) is 10.4 Å². The van der Waals surface area contributed by atoms with Crippen LogP contribution in [0.3, 0.4) is 0 Å². The molecule has 0 saturated carbocycles. The molecule has 0 spiro atoms. The van der Waals surface area contributed by atoms with Gasteiger partial charge >= 0.3 is 6.18 Å². The average molecular weight is 444 g/mol. The molecule has 0 saturated heterocycles. The number of ketones is 1. The molecule has 6 nitrogen and oxygen atoms in total. The maximum atomic E-state index is 12.7. The molecule has 0 unspecified atom stereocenters. The molecule has 0 amide bonds. The van der Waals surface area contributed by atoms with Crippen LogP contribution in [0.2, 0.25) is 0 Å². The number of thiophene rings is 1. The number of alkyl halides is 3. The van der Waals surface area contributed by atoms with E-state index in [9.17, 15) is 22.8 Å². The number of carbonyl (C=O) groups excluding carboxylic acids is 1. The van der Waals surface area contributed by atoms with E-state index in [-0.39, 0.29) is 17.7 Å². The van der Waals surface area contributed by atoms with Gasteiger partial charge < -0.3 is 0 Å². The Labute approximate surface area is 177 Å². The van der Waals surface area contributed by atoms with Gasteiger partial charge in [-0.3, -0.25) is 9.59 Å². The zero-order valence-corrected chi connectivity index (χ0v) is 16.9. The first-order chi connectivity index (χ1) is 14.8. The third-order valence-electron chi connectivity index (χ3n) is 5.42. The van der Waals surface area contributed by atoms with Crippen LogP contribution >= 0.6 is 11.3 Å². The number of halogens is 3. The summed E-state index contributed by atoms with van der Waals surface area (Å²) in [5.74, 6) is -0.512. The molecule has 0 aliphatic heterocycles. The molecule has 3 aromatic heterocycles. The van der Waals surface area contributed by atoms with E-state index in [1.807, 2.05) is 0 Å². The Bertz CT molecular complexity index is 1390. The van der Waals surface area contributed by atoms with Crippen LogP contribution in [0.1, 0.15) is 44.9 Å². The Hall–Kier alpha value is -3.14. The Morgan fingerprint density at radius 2 is 1.87 bits per heavy atom. The number of aromatic nitrogens is 4. The lowest BCUT2D eigenvalue weighted by Crippen LogP contribution is -2.22. The number of Topliss-reactive ketones (excluding diaryl/α,β-unsaturated/α-hetero) is 1. The maximum absolute atomic E-state index is 12.7. The Balaban J connectivity index is 1.51. The Morgan fingerprint density at radius 1 is 1.13 bits per heavy atom. The van der Waals surface area contributed by atoms with E-state index in [4.69, 9.17) is 0 Å². The van der Waals surface area contributed by atoms with Crippen molar-refractivity contribution < 1.29 is 18.0 Å². The van der Waals surface area contributed by atoms with E-state index < -0.39 is 23.1 Å². The van der Waals surface area contributed by atoms with E-state index in [2.05, 4.69) is 15.1 Å². The van der Waals surface area contributed by atoms with Gasteiger partial charge in [0.15, 0.2) is 11.4 Å². The molecule has 0 atom stereocenters. The minimum Gasteiger partial charge on any atom is -0.294 e. The lowest BCUT2D eigenvalue weighted by molar-refractivity contribution is -0.137. The highest BCUT2D eigenvalue weighted by Gasteiger charge is 2.30. The zero-order chi connectivity index (χ0) is 21.8. The molecule has 158 valence electrons. The summed E-state index contributed by atoms with van der Waals surface area (Å²) in [6.45, 7) is 0. The molecule has 10 heteroatoms. The monoisotopic (exact) mass is 444 g/mol. The summed E-state index contributed by atoms with van der Waals surface area (Å²) < 4.78 is 39.5. The molecule has 0 bridgehead atoms. The first kappa shape index (κ1) is 19.8. The first-order valence-electron chi connectivity index (χ1n) is 9.70. The topological polar surface area (TPSA) is 77.2 Å². The van der Waals surface area contributed by atoms with E-state index in [1.165, 1.54) is 21.3 Å². The zero-order valence-electron chi connectivity index (χ0n) is 16.1. The van der Waals surface area contributed by atoms with Gasteiger partial charge in [0.2, 0.25) is 0 Å². The Kier molecular flexibility index (Phi) is 4.62. The molecule has 0 fully saturated rings. The third-order valence-corrected chi connectivity index (χ3v) is 6.62. The molecule has 31 heavy (non-hydrogen) atoms. The first-order valence-corrected chi connectivity index (χ1v) is 10.5. The molecule has 4 aromatic rings. The third kappa shape index (κ3) is 3.50. The van der Waals surface area contributed by atoms with Crippen molar-refractivity contribution in [2.75, 3.05) is 0 Å². The fraction of sp³-hybridized carbons (Fsp3) is 0.286. The minimum atomic E-state index is -4.48. The second-order valence-electron chi connectivity index (χ2n) is 7.44. The standard InChI is InChI=1S/C21H15F3N4O2S/c22-21(23,24)12-7-5-11(6-8-12)15(29)9-14-19(30)26-18-17-13-3-1-2-4-16(13)31-20(17)25-10-28(18)27-14/h5-8,10H,1-4,9H2. The predicted molar refractivity (Wildman–Crippen MR) is 109 cm³/mol. The number of hydrogen-bond donors (Lipinski definition) is 0. The van der Waals surface area contributed by atoms with Crippen molar-refractivity contribution in [3.8, 4) is 0 Å². The molecule has 3 heterocycles. The number of carbonyl (C=O) groups is 1. The van der Waals surface area contributed by atoms with Crippen molar-refractivity contribution >= 4 is 33.0 Å². The van der Waals surface area contributed by atoms with E-state index in [1.54, 1.807) is 11.3 Å². The minimum absolute atomic E-state index is 0.0692. The largest absolute Gasteiger partial charge is 0.416 e. The number of rotatable bonds is 3. The van der Waals surface area contributed by atoms with Crippen LogP contribution in [-0.4, -0.2) is 25.4 Å². The SMILES string of the molecule is O=C(Cc1nn2cnc3sc4c(c3c2nc1=O)CCCC4)c1ccc(C(F)(F)F)cc1. The van der Waals surface area contributed by atoms with Crippen LogP contribution in [0.25, 0.3) is 15.9 Å².